The fraction of sp³-hybridized carbons (Fsp3) is 0.643. The minimum absolute atomic E-state index is 0.00693. The van der Waals surface area contributed by atoms with Gasteiger partial charge in [0, 0.05) is 39.8 Å². The zero-order valence-corrected chi connectivity index (χ0v) is 11.9. The van der Waals surface area contributed by atoms with Crippen molar-refractivity contribution in [2.75, 3.05) is 46.4 Å². The van der Waals surface area contributed by atoms with E-state index in [9.17, 15) is 4.79 Å². The number of furan rings is 1. The van der Waals surface area contributed by atoms with E-state index in [1.165, 1.54) is 6.26 Å². The number of hydrogen-bond acceptors (Lipinski definition) is 5. The quantitative estimate of drug-likeness (QED) is 0.753. The summed E-state index contributed by atoms with van der Waals surface area (Å²) >= 11 is 0. The third-order valence-corrected chi connectivity index (χ3v) is 3.45. The first-order chi connectivity index (χ1) is 9.79. The maximum absolute atomic E-state index is 12.0. The van der Waals surface area contributed by atoms with Crippen LogP contribution < -0.4 is 10.6 Å². The molecule has 20 heavy (non-hydrogen) atoms. The van der Waals surface area contributed by atoms with Crippen LogP contribution in [0.2, 0.25) is 0 Å². The predicted octanol–water partition coefficient (Wildman–Crippen LogP) is 0.320. The number of nitrogens with one attached hydrogen (secondary N) is 2. The van der Waals surface area contributed by atoms with E-state index in [1.54, 1.807) is 19.2 Å². The van der Waals surface area contributed by atoms with E-state index in [1.807, 2.05) is 0 Å². The van der Waals surface area contributed by atoms with E-state index in [0.717, 1.165) is 39.1 Å². The van der Waals surface area contributed by atoms with Crippen molar-refractivity contribution < 1.29 is 13.9 Å². The highest BCUT2D eigenvalue weighted by atomic mass is 16.5. The Morgan fingerprint density at radius 3 is 3.00 bits per heavy atom. The van der Waals surface area contributed by atoms with E-state index < -0.39 is 0 Å². The van der Waals surface area contributed by atoms with Gasteiger partial charge >= 0.3 is 0 Å². The number of hydrogen-bond donors (Lipinski definition) is 2. The van der Waals surface area contributed by atoms with Crippen molar-refractivity contribution in [2.45, 2.75) is 12.5 Å². The van der Waals surface area contributed by atoms with Crippen LogP contribution in [0.4, 0.5) is 0 Å². The highest BCUT2D eigenvalue weighted by Gasteiger charge is 2.17. The smallest absolute Gasteiger partial charge is 0.287 e. The Labute approximate surface area is 119 Å². The molecule has 2 rings (SSSR count). The SMILES string of the molecule is COC[C@H](CCN1CCNCC1)NC(=O)c1ccco1. The van der Waals surface area contributed by atoms with Gasteiger partial charge in [0.1, 0.15) is 0 Å². The van der Waals surface area contributed by atoms with Crippen molar-refractivity contribution in [3.8, 4) is 0 Å². The molecule has 0 spiro atoms. The average molecular weight is 281 g/mol. The zero-order chi connectivity index (χ0) is 14.2. The number of nitrogens with zero attached hydrogens (tertiary/aromatic N) is 1. The lowest BCUT2D eigenvalue weighted by Gasteiger charge is -2.28. The molecule has 0 unspecified atom stereocenters. The van der Waals surface area contributed by atoms with Gasteiger partial charge in [-0.05, 0) is 18.6 Å². The van der Waals surface area contributed by atoms with Crippen LogP contribution in [0.25, 0.3) is 0 Å². The van der Waals surface area contributed by atoms with Gasteiger partial charge in [0.05, 0.1) is 18.9 Å². The van der Waals surface area contributed by atoms with Gasteiger partial charge in [-0.25, -0.2) is 0 Å². The van der Waals surface area contributed by atoms with E-state index in [-0.39, 0.29) is 11.9 Å². The van der Waals surface area contributed by atoms with Gasteiger partial charge in [-0.3, -0.25) is 4.79 Å². The van der Waals surface area contributed by atoms with Crippen molar-refractivity contribution >= 4 is 5.91 Å². The van der Waals surface area contributed by atoms with Crippen molar-refractivity contribution in [2.24, 2.45) is 0 Å². The van der Waals surface area contributed by atoms with Gasteiger partial charge < -0.3 is 24.7 Å². The number of carbonyl (C=O) groups is 1. The highest BCUT2D eigenvalue weighted by molar-refractivity contribution is 5.91. The number of methoxy groups -OCH3 is 1. The second-order valence-electron chi connectivity index (χ2n) is 4.98. The van der Waals surface area contributed by atoms with Crippen molar-refractivity contribution in [3.05, 3.63) is 24.2 Å². The number of carbonyl (C=O) groups excluding carboxylic acids is 1. The first-order valence-electron chi connectivity index (χ1n) is 7.06. The van der Waals surface area contributed by atoms with Crippen LogP contribution in [0.3, 0.4) is 0 Å². The Morgan fingerprint density at radius 2 is 2.35 bits per heavy atom. The normalized spacial score (nSPS) is 17.9. The third kappa shape index (κ3) is 4.63. The molecule has 1 aromatic heterocycles. The molecule has 112 valence electrons. The molecule has 0 aromatic carbocycles. The first kappa shape index (κ1) is 15.0. The van der Waals surface area contributed by atoms with Gasteiger partial charge in [-0.1, -0.05) is 0 Å². The Bertz CT molecular complexity index is 388. The van der Waals surface area contributed by atoms with E-state index in [4.69, 9.17) is 9.15 Å². The number of rotatable bonds is 7. The summed E-state index contributed by atoms with van der Waals surface area (Å²) in [6, 6.07) is 3.38. The van der Waals surface area contributed by atoms with Gasteiger partial charge in [-0.15, -0.1) is 0 Å². The predicted molar refractivity (Wildman–Crippen MR) is 75.8 cm³/mol. The summed E-state index contributed by atoms with van der Waals surface area (Å²) in [6.07, 6.45) is 2.38. The minimum Gasteiger partial charge on any atom is -0.459 e. The van der Waals surface area contributed by atoms with E-state index >= 15 is 0 Å². The first-order valence-corrected chi connectivity index (χ1v) is 7.06. The summed E-state index contributed by atoms with van der Waals surface area (Å²) in [5.74, 6) is 0.158. The molecule has 0 aliphatic carbocycles. The molecule has 6 heteroatoms. The molecule has 1 fully saturated rings. The van der Waals surface area contributed by atoms with Crippen LogP contribution in [-0.2, 0) is 4.74 Å². The van der Waals surface area contributed by atoms with Crippen LogP contribution in [-0.4, -0.2) is 63.3 Å². The number of piperazine rings is 1. The Kier molecular flexibility index (Phi) is 6.04. The maximum Gasteiger partial charge on any atom is 0.287 e. The lowest BCUT2D eigenvalue weighted by molar-refractivity contribution is 0.0854. The maximum atomic E-state index is 12.0. The summed E-state index contributed by atoms with van der Waals surface area (Å²) < 4.78 is 10.3. The van der Waals surface area contributed by atoms with Gasteiger partial charge in [0.25, 0.3) is 5.91 Å². The summed E-state index contributed by atoms with van der Waals surface area (Å²) in [6.45, 7) is 5.67. The van der Waals surface area contributed by atoms with Crippen molar-refractivity contribution in [1.29, 1.82) is 0 Å². The van der Waals surface area contributed by atoms with Crippen LogP contribution in [0.1, 0.15) is 17.0 Å². The van der Waals surface area contributed by atoms with Crippen LogP contribution in [0.5, 0.6) is 0 Å². The Hall–Kier alpha value is -1.37. The molecule has 2 heterocycles. The molecular weight excluding hydrogens is 258 g/mol. The van der Waals surface area contributed by atoms with Gasteiger partial charge in [0.2, 0.25) is 0 Å². The molecule has 1 aliphatic rings. The molecule has 0 radical (unpaired) electrons. The Balaban J connectivity index is 1.78. The molecule has 1 atom stereocenters. The fourth-order valence-corrected chi connectivity index (χ4v) is 2.34. The highest BCUT2D eigenvalue weighted by Crippen LogP contribution is 2.03. The van der Waals surface area contributed by atoms with Crippen LogP contribution >= 0.6 is 0 Å². The van der Waals surface area contributed by atoms with Crippen LogP contribution in [0, 0.1) is 0 Å². The monoisotopic (exact) mass is 281 g/mol. The van der Waals surface area contributed by atoms with Gasteiger partial charge in [-0.2, -0.15) is 0 Å². The van der Waals surface area contributed by atoms with E-state index in [0.29, 0.717) is 12.4 Å². The molecule has 0 saturated carbocycles. The number of amides is 1. The summed E-state index contributed by atoms with van der Waals surface area (Å²) in [5, 5.41) is 6.29. The molecule has 1 aliphatic heterocycles. The molecule has 1 aromatic rings. The molecule has 0 bridgehead atoms. The summed E-state index contributed by atoms with van der Waals surface area (Å²) in [5.41, 5.74) is 0. The van der Waals surface area contributed by atoms with Gasteiger partial charge in [0.15, 0.2) is 5.76 Å². The summed E-state index contributed by atoms with van der Waals surface area (Å²) in [7, 11) is 1.65. The molecular formula is C14H23N3O3. The lowest BCUT2D eigenvalue weighted by atomic mass is 10.2. The number of ether oxygens (including phenoxy) is 1. The second kappa shape index (κ2) is 8.04. The Morgan fingerprint density at radius 1 is 1.55 bits per heavy atom. The topological polar surface area (TPSA) is 66.7 Å². The summed E-state index contributed by atoms with van der Waals surface area (Å²) in [4.78, 5) is 14.4. The fourth-order valence-electron chi connectivity index (χ4n) is 2.34. The molecule has 1 saturated heterocycles. The average Bonchev–Trinajstić information content (AvgIpc) is 3.00. The lowest BCUT2D eigenvalue weighted by Crippen LogP contribution is -2.46. The molecule has 6 nitrogen and oxygen atoms in total. The zero-order valence-electron chi connectivity index (χ0n) is 11.9. The van der Waals surface area contributed by atoms with Crippen LogP contribution in [0.15, 0.2) is 22.8 Å². The van der Waals surface area contributed by atoms with Crippen molar-refractivity contribution in [1.82, 2.24) is 15.5 Å². The van der Waals surface area contributed by atoms with E-state index in [2.05, 4.69) is 15.5 Å². The molecule has 2 N–H and O–H groups in total. The third-order valence-electron chi connectivity index (χ3n) is 3.45. The molecule has 1 amide bonds. The second-order valence-corrected chi connectivity index (χ2v) is 4.98. The minimum atomic E-state index is -0.183. The largest absolute Gasteiger partial charge is 0.459 e. The van der Waals surface area contributed by atoms with Crippen molar-refractivity contribution in [3.63, 3.8) is 0 Å². The standard InChI is InChI=1S/C14H23N3O3/c1-19-11-12(4-7-17-8-5-15-6-9-17)16-14(18)13-3-2-10-20-13/h2-3,10,12,15H,4-9,11H2,1H3,(H,16,18)/t12-/m0/s1.